The Morgan fingerprint density at radius 2 is 2.24 bits per heavy atom. The van der Waals surface area contributed by atoms with E-state index in [4.69, 9.17) is 0 Å². The van der Waals surface area contributed by atoms with Gasteiger partial charge in [-0.2, -0.15) is 8.78 Å². The third kappa shape index (κ3) is 1.82. The van der Waals surface area contributed by atoms with Gasteiger partial charge in [0.1, 0.15) is 17.8 Å². The van der Waals surface area contributed by atoms with Crippen molar-refractivity contribution in [1.29, 1.82) is 0 Å². The second kappa shape index (κ2) is 3.92. The van der Waals surface area contributed by atoms with Crippen LogP contribution in [-0.2, 0) is 4.74 Å². The number of nitrogens with one attached hydrogen (secondary N) is 1. The highest BCUT2D eigenvalue weighted by atomic mass is 19.3. The fraction of sp³-hybridized carbons (Fsp3) is 0.400. The van der Waals surface area contributed by atoms with Crippen LogP contribution in [0.5, 0.6) is 0 Å². The van der Waals surface area contributed by atoms with E-state index in [1.165, 1.54) is 6.33 Å². The molecule has 2 aromatic heterocycles. The molecule has 0 unspecified atom stereocenters. The highest BCUT2D eigenvalue weighted by Crippen LogP contribution is 2.27. The number of halogens is 2. The molecule has 1 aliphatic rings. The van der Waals surface area contributed by atoms with E-state index in [9.17, 15) is 8.78 Å². The number of hydrogen-bond donors (Lipinski definition) is 1. The van der Waals surface area contributed by atoms with Crippen LogP contribution in [0, 0.1) is 0 Å². The number of fused-ring (bicyclic) bond motifs is 1. The van der Waals surface area contributed by atoms with Gasteiger partial charge in [0.25, 0.3) is 0 Å². The Hall–Kier alpha value is -1.76. The summed E-state index contributed by atoms with van der Waals surface area (Å²) in [6.07, 6.45) is 2.81. The van der Waals surface area contributed by atoms with Gasteiger partial charge in [0.2, 0.25) is 0 Å². The van der Waals surface area contributed by atoms with Crippen LogP contribution in [0.2, 0.25) is 0 Å². The molecule has 5 nitrogen and oxygen atoms in total. The molecule has 1 N–H and O–H groups in total. The molecule has 0 spiro atoms. The molecule has 2 aromatic rings. The predicted molar refractivity (Wildman–Crippen MR) is 57.0 cm³/mol. The summed E-state index contributed by atoms with van der Waals surface area (Å²) in [6, 6.07) is 1.87. The van der Waals surface area contributed by atoms with Gasteiger partial charge in [-0.15, -0.1) is 0 Å². The fourth-order valence-corrected chi connectivity index (χ4v) is 1.95. The van der Waals surface area contributed by atoms with Gasteiger partial charge in [0.15, 0.2) is 0 Å². The largest absolute Gasteiger partial charge is 0.351 e. The summed E-state index contributed by atoms with van der Waals surface area (Å²) < 4.78 is 28.3. The van der Waals surface area contributed by atoms with Gasteiger partial charge in [-0.3, -0.25) is 0 Å². The van der Waals surface area contributed by atoms with Crippen LogP contribution in [0.25, 0.3) is 11.0 Å². The molecule has 90 valence electrons. The number of ether oxygens (including phenoxy) is 1. The highest BCUT2D eigenvalue weighted by Gasteiger charge is 2.31. The first-order valence-corrected chi connectivity index (χ1v) is 5.20. The number of aromatic amines is 1. The quantitative estimate of drug-likeness (QED) is 0.880. The Balaban J connectivity index is 1.76. The van der Waals surface area contributed by atoms with E-state index in [1.54, 1.807) is 6.20 Å². The van der Waals surface area contributed by atoms with Crippen molar-refractivity contribution in [1.82, 2.24) is 15.0 Å². The first-order chi connectivity index (χ1) is 8.24. The molecule has 0 atom stereocenters. The van der Waals surface area contributed by atoms with Gasteiger partial charge in [-0.05, 0) is 6.07 Å². The number of rotatable bonds is 3. The topological polar surface area (TPSA) is 54.0 Å². The lowest BCUT2D eigenvalue weighted by Gasteiger charge is -2.39. The number of aromatic nitrogens is 3. The summed E-state index contributed by atoms with van der Waals surface area (Å²) in [7, 11) is 0. The number of anilines is 1. The van der Waals surface area contributed by atoms with Gasteiger partial charge in [-0.25, -0.2) is 9.97 Å². The Kier molecular flexibility index (Phi) is 2.40. The second-order valence-corrected chi connectivity index (χ2v) is 3.86. The van der Waals surface area contributed by atoms with Crippen LogP contribution < -0.4 is 4.90 Å². The van der Waals surface area contributed by atoms with Crippen LogP contribution in [0.3, 0.4) is 0 Å². The smallest absolute Gasteiger partial charge is 0.345 e. The average molecular weight is 240 g/mol. The van der Waals surface area contributed by atoms with Gasteiger partial charge in [-0.1, -0.05) is 0 Å². The van der Waals surface area contributed by atoms with E-state index in [2.05, 4.69) is 19.7 Å². The van der Waals surface area contributed by atoms with Gasteiger partial charge < -0.3 is 14.6 Å². The molecule has 3 heterocycles. The molecule has 1 fully saturated rings. The minimum atomic E-state index is -2.71. The molecule has 0 saturated carbocycles. The molecule has 0 radical (unpaired) electrons. The van der Waals surface area contributed by atoms with Gasteiger partial charge in [0.05, 0.1) is 11.5 Å². The van der Waals surface area contributed by atoms with Crippen molar-refractivity contribution in [2.75, 3.05) is 18.0 Å². The van der Waals surface area contributed by atoms with E-state index in [-0.39, 0.29) is 0 Å². The Labute approximate surface area is 95.4 Å². The van der Waals surface area contributed by atoms with Crippen molar-refractivity contribution in [3.63, 3.8) is 0 Å². The minimum Gasteiger partial charge on any atom is -0.351 e. The van der Waals surface area contributed by atoms with Crippen LogP contribution in [0.15, 0.2) is 18.6 Å². The fourth-order valence-electron chi connectivity index (χ4n) is 1.95. The molecule has 0 aliphatic carbocycles. The first-order valence-electron chi connectivity index (χ1n) is 5.20. The monoisotopic (exact) mass is 240 g/mol. The molecular formula is C10H10F2N4O. The maximum Gasteiger partial charge on any atom is 0.345 e. The predicted octanol–water partition coefficient (Wildman–Crippen LogP) is 1.39. The van der Waals surface area contributed by atoms with E-state index >= 15 is 0 Å². The standard InChI is InChI=1S/C10H10F2N4O/c11-10(12)17-6-3-16(4-6)9-7-1-2-13-8(7)14-5-15-9/h1-2,5-6,10H,3-4H2,(H,13,14,15). The lowest BCUT2D eigenvalue weighted by atomic mass is 10.1. The zero-order valence-electron chi connectivity index (χ0n) is 8.81. The molecule has 0 amide bonds. The highest BCUT2D eigenvalue weighted by molar-refractivity contribution is 5.87. The molecule has 0 bridgehead atoms. The van der Waals surface area contributed by atoms with Crippen LogP contribution in [0.1, 0.15) is 0 Å². The van der Waals surface area contributed by atoms with E-state index in [1.807, 2.05) is 11.0 Å². The number of hydrogen-bond acceptors (Lipinski definition) is 4. The van der Waals surface area contributed by atoms with Gasteiger partial charge in [0, 0.05) is 19.3 Å². The summed E-state index contributed by atoms with van der Waals surface area (Å²) in [5.41, 5.74) is 0.744. The summed E-state index contributed by atoms with van der Waals surface area (Å²) in [4.78, 5) is 13.1. The molecule has 17 heavy (non-hydrogen) atoms. The molecule has 1 aliphatic heterocycles. The summed E-state index contributed by atoms with van der Waals surface area (Å²) in [5, 5.41) is 0.892. The van der Waals surface area contributed by atoms with Crippen molar-refractivity contribution in [3.8, 4) is 0 Å². The number of alkyl halides is 2. The Morgan fingerprint density at radius 3 is 3.00 bits per heavy atom. The van der Waals surface area contributed by atoms with Crippen LogP contribution >= 0.6 is 0 Å². The Bertz CT molecular complexity index is 524. The molecular weight excluding hydrogens is 230 g/mol. The summed E-state index contributed by atoms with van der Waals surface area (Å²) >= 11 is 0. The lowest BCUT2D eigenvalue weighted by Crippen LogP contribution is -2.53. The van der Waals surface area contributed by atoms with Crippen molar-refractivity contribution in [2.45, 2.75) is 12.7 Å². The number of nitrogens with zero attached hydrogens (tertiary/aromatic N) is 3. The summed E-state index contributed by atoms with van der Waals surface area (Å²) in [6.45, 7) is -1.84. The van der Waals surface area contributed by atoms with Crippen molar-refractivity contribution in [2.24, 2.45) is 0 Å². The zero-order chi connectivity index (χ0) is 11.8. The first kappa shape index (κ1) is 10.4. The van der Waals surface area contributed by atoms with Crippen molar-refractivity contribution in [3.05, 3.63) is 18.6 Å². The van der Waals surface area contributed by atoms with Crippen LogP contribution in [0.4, 0.5) is 14.6 Å². The third-order valence-corrected chi connectivity index (χ3v) is 2.78. The Morgan fingerprint density at radius 1 is 1.41 bits per heavy atom. The summed E-state index contributed by atoms with van der Waals surface area (Å²) in [5.74, 6) is 0.755. The van der Waals surface area contributed by atoms with Crippen molar-refractivity contribution >= 4 is 16.9 Å². The van der Waals surface area contributed by atoms with E-state index in [0.717, 1.165) is 16.9 Å². The third-order valence-electron chi connectivity index (χ3n) is 2.78. The lowest BCUT2D eigenvalue weighted by molar-refractivity contribution is -0.167. The van der Waals surface area contributed by atoms with Crippen LogP contribution in [-0.4, -0.2) is 40.8 Å². The number of H-pyrrole nitrogens is 1. The molecule has 7 heteroatoms. The van der Waals surface area contributed by atoms with E-state index < -0.39 is 12.7 Å². The van der Waals surface area contributed by atoms with Crippen molar-refractivity contribution < 1.29 is 13.5 Å². The molecule has 1 saturated heterocycles. The van der Waals surface area contributed by atoms with Gasteiger partial charge >= 0.3 is 6.61 Å². The average Bonchev–Trinajstić information content (AvgIpc) is 2.70. The normalized spacial score (nSPS) is 16.8. The molecule has 3 rings (SSSR count). The van der Waals surface area contributed by atoms with E-state index in [0.29, 0.717) is 13.1 Å². The molecule has 0 aromatic carbocycles. The minimum absolute atomic E-state index is 0.418. The maximum absolute atomic E-state index is 12.0. The second-order valence-electron chi connectivity index (χ2n) is 3.86. The SMILES string of the molecule is FC(F)OC1CN(c2ncnc3[nH]ccc23)C1. The maximum atomic E-state index is 12.0. The zero-order valence-corrected chi connectivity index (χ0v) is 8.81.